The molecule has 0 aromatic carbocycles. The standard InChI is InChI=1S/C22H32N4O3/c23-14-17(13-16-4-3-5-19(16)27)25-20(28)18(12-15-6-7-15)26-11-9-22(21(26)29)8-1-2-10-24-22/h15-18,24H,1-13H2,(H,25,28)/t16-,17-,18-,22?/m0/s1. The van der Waals surface area contributed by atoms with Gasteiger partial charge in [0.1, 0.15) is 17.9 Å². The van der Waals surface area contributed by atoms with Crippen molar-refractivity contribution in [1.82, 2.24) is 15.5 Å². The maximum atomic E-state index is 13.3. The molecule has 7 nitrogen and oxygen atoms in total. The van der Waals surface area contributed by atoms with E-state index < -0.39 is 17.6 Å². The first-order valence-corrected chi connectivity index (χ1v) is 11.3. The van der Waals surface area contributed by atoms with Gasteiger partial charge in [-0.1, -0.05) is 12.8 Å². The van der Waals surface area contributed by atoms with Crippen LogP contribution in [0.1, 0.15) is 70.6 Å². The predicted molar refractivity (Wildman–Crippen MR) is 107 cm³/mol. The number of carbonyl (C=O) groups excluding carboxylic acids is 3. The van der Waals surface area contributed by atoms with Gasteiger partial charge in [0.25, 0.3) is 0 Å². The van der Waals surface area contributed by atoms with Crippen molar-refractivity contribution in [3.8, 4) is 6.07 Å². The van der Waals surface area contributed by atoms with Crippen LogP contribution in [0.4, 0.5) is 0 Å². The summed E-state index contributed by atoms with van der Waals surface area (Å²) in [6.45, 7) is 1.44. The van der Waals surface area contributed by atoms with Gasteiger partial charge in [-0.15, -0.1) is 0 Å². The number of carbonyl (C=O) groups is 3. The number of piperidine rings is 1. The van der Waals surface area contributed by atoms with Gasteiger partial charge in [-0.3, -0.25) is 14.4 Å². The summed E-state index contributed by atoms with van der Waals surface area (Å²) in [4.78, 5) is 40.2. The van der Waals surface area contributed by atoms with Gasteiger partial charge in [-0.25, -0.2) is 0 Å². The van der Waals surface area contributed by atoms with Crippen molar-refractivity contribution in [2.24, 2.45) is 11.8 Å². The summed E-state index contributed by atoms with van der Waals surface area (Å²) in [5.74, 6) is 0.401. The molecule has 2 saturated heterocycles. The quantitative estimate of drug-likeness (QED) is 0.677. The monoisotopic (exact) mass is 400 g/mol. The molecule has 2 amide bonds. The molecular formula is C22H32N4O3. The van der Waals surface area contributed by atoms with Gasteiger partial charge in [0.2, 0.25) is 11.8 Å². The lowest BCUT2D eigenvalue weighted by atomic mass is 9.87. The van der Waals surface area contributed by atoms with Gasteiger partial charge in [-0.2, -0.15) is 5.26 Å². The molecule has 2 aliphatic carbocycles. The van der Waals surface area contributed by atoms with E-state index in [0.717, 1.165) is 57.9 Å². The summed E-state index contributed by atoms with van der Waals surface area (Å²) in [5, 5.41) is 15.8. The fourth-order valence-corrected chi connectivity index (χ4v) is 5.33. The van der Waals surface area contributed by atoms with Gasteiger partial charge in [0.05, 0.1) is 11.6 Å². The smallest absolute Gasteiger partial charge is 0.243 e. The molecule has 4 rings (SSSR count). The maximum Gasteiger partial charge on any atom is 0.243 e. The first-order chi connectivity index (χ1) is 14.0. The first-order valence-electron chi connectivity index (χ1n) is 11.3. The van der Waals surface area contributed by atoms with Gasteiger partial charge in [0.15, 0.2) is 0 Å². The molecule has 1 unspecified atom stereocenters. The minimum absolute atomic E-state index is 0.0532. The van der Waals surface area contributed by atoms with Gasteiger partial charge < -0.3 is 15.5 Å². The van der Waals surface area contributed by atoms with Crippen LogP contribution in [-0.2, 0) is 14.4 Å². The number of likely N-dealkylation sites (tertiary alicyclic amines) is 1. The zero-order chi connectivity index (χ0) is 20.4. The van der Waals surface area contributed by atoms with Crippen molar-refractivity contribution in [2.75, 3.05) is 13.1 Å². The summed E-state index contributed by atoms with van der Waals surface area (Å²) in [5.41, 5.74) is -0.495. The Balaban J connectivity index is 1.43. The SMILES string of the molecule is N#C[C@H](C[C@@H]1CCCC1=O)NC(=O)[C@H](CC1CC1)N1CCC2(CCCCN2)C1=O. The molecule has 0 aromatic rings. The maximum absolute atomic E-state index is 13.3. The Morgan fingerprint density at radius 2 is 2.03 bits per heavy atom. The average Bonchev–Trinajstić information content (AvgIpc) is 3.40. The second-order valence-electron chi connectivity index (χ2n) is 9.39. The summed E-state index contributed by atoms with van der Waals surface area (Å²) in [6.07, 6.45) is 9.24. The van der Waals surface area contributed by atoms with Gasteiger partial charge >= 0.3 is 0 Å². The molecule has 1 spiro atoms. The molecular weight excluding hydrogens is 368 g/mol. The number of nitriles is 1. The van der Waals surface area contributed by atoms with Gasteiger partial charge in [0, 0.05) is 18.9 Å². The Labute approximate surface area is 172 Å². The minimum atomic E-state index is -0.671. The number of amides is 2. The molecule has 2 heterocycles. The van der Waals surface area contributed by atoms with Crippen molar-refractivity contribution in [2.45, 2.75) is 88.3 Å². The highest BCUT2D eigenvalue weighted by molar-refractivity contribution is 5.94. The summed E-state index contributed by atoms with van der Waals surface area (Å²) >= 11 is 0. The third kappa shape index (κ3) is 4.32. The number of nitrogens with one attached hydrogen (secondary N) is 2. The highest BCUT2D eigenvalue weighted by Gasteiger charge is 2.50. The molecule has 2 N–H and O–H groups in total. The lowest BCUT2D eigenvalue weighted by Gasteiger charge is -2.35. The average molecular weight is 401 g/mol. The lowest BCUT2D eigenvalue weighted by molar-refractivity contribution is -0.142. The largest absolute Gasteiger partial charge is 0.339 e. The molecule has 4 fully saturated rings. The molecule has 4 atom stereocenters. The van der Waals surface area contributed by atoms with E-state index in [4.69, 9.17) is 0 Å². The Morgan fingerprint density at radius 1 is 1.21 bits per heavy atom. The third-order valence-corrected chi connectivity index (χ3v) is 7.30. The van der Waals surface area contributed by atoms with Crippen LogP contribution in [0.3, 0.4) is 0 Å². The number of hydrogen-bond donors (Lipinski definition) is 2. The molecule has 0 bridgehead atoms. The van der Waals surface area contributed by atoms with E-state index in [9.17, 15) is 19.6 Å². The summed E-state index contributed by atoms with van der Waals surface area (Å²) in [7, 11) is 0. The van der Waals surface area contributed by atoms with Gasteiger partial charge in [-0.05, 0) is 63.8 Å². The van der Waals surface area contributed by atoms with Crippen LogP contribution in [-0.4, -0.2) is 53.2 Å². The molecule has 29 heavy (non-hydrogen) atoms. The highest BCUT2D eigenvalue weighted by atomic mass is 16.2. The van der Waals surface area contributed by atoms with E-state index in [1.165, 1.54) is 0 Å². The zero-order valence-corrected chi connectivity index (χ0v) is 17.1. The van der Waals surface area contributed by atoms with Crippen molar-refractivity contribution in [3.05, 3.63) is 0 Å². The van der Waals surface area contributed by atoms with E-state index in [0.29, 0.717) is 31.7 Å². The summed E-state index contributed by atoms with van der Waals surface area (Å²) in [6, 6.07) is 0.986. The van der Waals surface area contributed by atoms with E-state index in [-0.39, 0.29) is 23.5 Å². The van der Waals surface area contributed by atoms with Crippen LogP contribution < -0.4 is 10.6 Å². The number of nitrogens with zero attached hydrogens (tertiary/aromatic N) is 2. The molecule has 158 valence electrons. The van der Waals surface area contributed by atoms with Crippen molar-refractivity contribution >= 4 is 17.6 Å². The zero-order valence-electron chi connectivity index (χ0n) is 17.1. The third-order valence-electron chi connectivity index (χ3n) is 7.30. The number of ketones is 1. The summed E-state index contributed by atoms with van der Waals surface area (Å²) < 4.78 is 0. The Hall–Kier alpha value is -1.94. The minimum Gasteiger partial charge on any atom is -0.339 e. The first kappa shape index (κ1) is 20.3. The van der Waals surface area contributed by atoms with Crippen molar-refractivity contribution in [3.63, 3.8) is 0 Å². The Kier molecular flexibility index (Phi) is 5.91. The fourth-order valence-electron chi connectivity index (χ4n) is 5.33. The molecule has 4 aliphatic rings. The Bertz CT molecular complexity index is 705. The fraction of sp³-hybridized carbons (Fsp3) is 0.818. The molecule has 2 saturated carbocycles. The molecule has 0 radical (unpaired) electrons. The Morgan fingerprint density at radius 3 is 2.66 bits per heavy atom. The van der Waals surface area contributed by atoms with Crippen LogP contribution in [0.25, 0.3) is 0 Å². The number of Topliss-reactive ketones (excluding diaryl/α,β-unsaturated/α-hetero) is 1. The topological polar surface area (TPSA) is 102 Å². The van der Waals surface area contributed by atoms with Crippen molar-refractivity contribution in [1.29, 1.82) is 5.26 Å². The van der Waals surface area contributed by atoms with Crippen LogP contribution in [0.15, 0.2) is 0 Å². The van der Waals surface area contributed by atoms with Crippen LogP contribution in [0.5, 0.6) is 0 Å². The molecule has 2 aliphatic heterocycles. The second-order valence-corrected chi connectivity index (χ2v) is 9.39. The lowest BCUT2D eigenvalue weighted by Crippen LogP contribution is -2.57. The predicted octanol–water partition coefficient (Wildman–Crippen LogP) is 1.67. The van der Waals surface area contributed by atoms with E-state index in [1.54, 1.807) is 4.90 Å². The van der Waals surface area contributed by atoms with E-state index >= 15 is 0 Å². The second kappa shape index (κ2) is 8.43. The highest BCUT2D eigenvalue weighted by Crippen LogP contribution is 2.38. The van der Waals surface area contributed by atoms with Crippen LogP contribution >= 0.6 is 0 Å². The van der Waals surface area contributed by atoms with E-state index in [2.05, 4.69) is 16.7 Å². The normalized spacial score (nSPS) is 31.7. The molecule has 0 aromatic heterocycles. The number of hydrogen-bond acceptors (Lipinski definition) is 5. The van der Waals surface area contributed by atoms with Crippen LogP contribution in [0.2, 0.25) is 0 Å². The van der Waals surface area contributed by atoms with E-state index in [1.807, 2.05) is 0 Å². The van der Waals surface area contributed by atoms with Crippen molar-refractivity contribution < 1.29 is 14.4 Å². The molecule has 7 heteroatoms. The number of rotatable bonds is 7. The van der Waals surface area contributed by atoms with Crippen LogP contribution in [0, 0.1) is 23.2 Å².